The van der Waals surface area contributed by atoms with E-state index in [0.29, 0.717) is 28.6 Å². The van der Waals surface area contributed by atoms with Crippen LogP contribution in [0.4, 0.5) is 5.69 Å². The molecule has 0 radical (unpaired) electrons. The van der Waals surface area contributed by atoms with Gasteiger partial charge in [-0.25, -0.2) is 9.78 Å². The predicted octanol–water partition coefficient (Wildman–Crippen LogP) is 6.36. The second-order valence-corrected chi connectivity index (χ2v) is 10.1. The van der Waals surface area contributed by atoms with Gasteiger partial charge in [0, 0.05) is 10.3 Å². The number of nitrogens with one attached hydrogen (secondary N) is 1. The number of carbonyl (C=O) groups excluding carboxylic acids is 2. The summed E-state index contributed by atoms with van der Waals surface area (Å²) >= 11 is 1.33. The fraction of sp³-hybridized carbons (Fsp3) is 0.200. The Morgan fingerprint density at radius 1 is 1.16 bits per heavy atom. The lowest BCUT2D eigenvalue weighted by molar-refractivity contribution is -0.119. The standard InChI is InChI=1S/C30H25N3O4S/c1-19-15-20(17-21-7-6-13-36-21)29-23(16-19)28(22-8-2-3-9-24(22)33-29)30(35)37-18-27(34)32-25-10-4-5-11-26(25)38-14-12-31/h2-11,13,17,19H,14-16,18H2,1H3,(H,32,34)/b20-17+. The summed E-state index contributed by atoms with van der Waals surface area (Å²) in [7, 11) is 0. The Hall–Kier alpha value is -4.35. The number of nitrogens with zero attached hydrogens (tertiary/aromatic N) is 2. The first-order valence-corrected chi connectivity index (χ1v) is 13.2. The van der Waals surface area contributed by atoms with E-state index in [1.54, 1.807) is 18.4 Å². The predicted molar refractivity (Wildman–Crippen MR) is 147 cm³/mol. The minimum Gasteiger partial charge on any atom is -0.465 e. The van der Waals surface area contributed by atoms with Crippen LogP contribution in [0.15, 0.2) is 76.2 Å². The molecule has 0 aliphatic heterocycles. The highest BCUT2D eigenvalue weighted by atomic mass is 32.2. The summed E-state index contributed by atoms with van der Waals surface area (Å²) in [5, 5.41) is 12.4. The molecule has 1 amide bonds. The molecule has 1 atom stereocenters. The molecule has 0 bridgehead atoms. The molecule has 1 unspecified atom stereocenters. The average molecular weight is 524 g/mol. The number of nitriles is 1. The average Bonchev–Trinajstić information content (AvgIpc) is 3.43. The zero-order valence-electron chi connectivity index (χ0n) is 20.8. The third-order valence-corrected chi connectivity index (χ3v) is 7.21. The van der Waals surface area contributed by atoms with Gasteiger partial charge in [0.15, 0.2) is 6.61 Å². The molecule has 38 heavy (non-hydrogen) atoms. The van der Waals surface area contributed by atoms with Crippen LogP contribution in [0.3, 0.4) is 0 Å². The number of hydrogen-bond donors (Lipinski definition) is 1. The lowest BCUT2D eigenvalue weighted by Gasteiger charge is -2.26. The highest BCUT2D eigenvalue weighted by Gasteiger charge is 2.29. The monoisotopic (exact) mass is 523 g/mol. The van der Waals surface area contributed by atoms with Crippen molar-refractivity contribution in [1.82, 2.24) is 4.98 Å². The molecule has 8 heteroatoms. The van der Waals surface area contributed by atoms with Gasteiger partial charge in [-0.2, -0.15) is 5.26 Å². The molecule has 5 rings (SSSR count). The number of fused-ring (bicyclic) bond motifs is 2. The first kappa shape index (κ1) is 25.3. The fourth-order valence-corrected chi connectivity index (χ4v) is 5.38. The maximum Gasteiger partial charge on any atom is 0.339 e. The zero-order chi connectivity index (χ0) is 26.5. The van der Waals surface area contributed by atoms with Crippen LogP contribution in [-0.2, 0) is 16.0 Å². The van der Waals surface area contributed by atoms with Crippen molar-refractivity contribution in [3.05, 3.63) is 89.5 Å². The van der Waals surface area contributed by atoms with E-state index in [2.05, 4.69) is 18.3 Å². The van der Waals surface area contributed by atoms with E-state index in [4.69, 9.17) is 19.4 Å². The molecule has 0 fully saturated rings. The molecule has 190 valence electrons. The Morgan fingerprint density at radius 3 is 2.79 bits per heavy atom. The number of allylic oxidation sites excluding steroid dienone is 1. The number of benzene rings is 2. The van der Waals surface area contributed by atoms with Crippen LogP contribution in [0.2, 0.25) is 0 Å². The first-order chi connectivity index (χ1) is 18.5. The van der Waals surface area contributed by atoms with E-state index in [1.807, 2.05) is 54.6 Å². The molecule has 1 N–H and O–H groups in total. The van der Waals surface area contributed by atoms with Crippen molar-refractivity contribution >= 4 is 51.9 Å². The molecule has 0 spiro atoms. The minimum atomic E-state index is -0.561. The van der Waals surface area contributed by atoms with Gasteiger partial charge >= 0.3 is 5.97 Å². The number of rotatable bonds is 7. The van der Waals surface area contributed by atoms with Crippen LogP contribution in [0.25, 0.3) is 22.6 Å². The number of carbonyl (C=O) groups is 2. The topological polar surface area (TPSA) is 105 Å². The van der Waals surface area contributed by atoms with Crippen molar-refractivity contribution in [2.45, 2.75) is 24.7 Å². The molecule has 4 aromatic rings. The van der Waals surface area contributed by atoms with Crippen LogP contribution in [0.5, 0.6) is 0 Å². The van der Waals surface area contributed by atoms with E-state index in [-0.39, 0.29) is 11.7 Å². The Labute approximate surface area is 224 Å². The van der Waals surface area contributed by atoms with Gasteiger partial charge < -0.3 is 14.5 Å². The smallest absolute Gasteiger partial charge is 0.339 e. The first-order valence-electron chi connectivity index (χ1n) is 12.2. The molecule has 0 saturated heterocycles. The van der Waals surface area contributed by atoms with Gasteiger partial charge in [-0.1, -0.05) is 37.3 Å². The SMILES string of the molecule is CC1C/C(=C\c2ccco2)c2nc3ccccc3c(C(=O)OCC(=O)Nc3ccccc3SCC#N)c2C1. The summed E-state index contributed by atoms with van der Waals surface area (Å²) in [6.07, 6.45) is 5.07. The number of pyridine rings is 1. The van der Waals surface area contributed by atoms with Gasteiger partial charge in [0.2, 0.25) is 0 Å². The molecule has 2 aromatic carbocycles. The van der Waals surface area contributed by atoms with E-state index >= 15 is 0 Å². The van der Waals surface area contributed by atoms with Crippen molar-refractivity contribution in [3.63, 3.8) is 0 Å². The molecule has 0 saturated carbocycles. The van der Waals surface area contributed by atoms with Crippen LogP contribution < -0.4 is 5.32 Å². The summed E-state index contributed by atoms with van der Waals surface area (Å²) in [5.41, 5.74) is 4.29. The largest absolute Gasteiger partial charge is 0.465 e. The van der Waals surface area contributed by atoms with E-state index in [1.165, 1.54) is 11.8 Å². The van der Waals surface area contributed by atoms with Gasteiger partial charge in [0.1, 0.15) is 5.76 Å². The quantitative estimate of drug-likeness (QED) is 0.222. The maximum atomic E-state index is 13.5. The maximum absolute atomic E-state index is 13.5. The number of aromatic nitrogens is 1. The van der Waals surface area contributed by atoms with E-state index in [0.717, 1.165) is 33.9 Å². The summed E-state index contributed by atoms with van der Waals surface area (Å²) < 4.78 is 11.1. The Bertz CT molecular complexity index is 1570. The number of furan rings is 1. The highest BCUT2D eigenvalue weighted by molar-refractivity contribution is 7.99. The van der Waals surface area contributed by atoms with Crippen LogP contribution in [-0.4, -0.2) is 29.2 Å². The second-order valence-electron chi connectivity index (χ2n) is 9.10. The fourth-order valence-electron chi connectivity index (χ4n) is 4.71. The number of para-hydroxylation sites is 2. The second kappa shape index (κ2) is 11.4. The van der Waals surface area contributed by atoms with Gasteiger partial charge in [-0.05, 0) is 66.3 Å². The zero-order valence-corrected chi connectivity index (χ0v) is 21.6. The molecule has 7 nitrogen and oxygen atoms in total. The Balaban J connectivity index is 1.43. The van der Waals surface area contributed by atoms with Gasteiger partial charge in [-0.3, -0.25) is 4.79 Å². The van der Waals surface area contributed by atoms with E-state index < -0.39 is 18.5 Å². The van der Waals surface area contributed by atoms with Crippen molar-refractivity contribution in [1.29, 1.82) is 5.26 Å². The van der Waals surface area contributed by atoms with Crippen LogP contribution in [0, 0.1) is 17.2 Å². The van der Waals surface area contributed by atoms with Gasteiger partial charge in [-0.15, -0.1) is 11.8 Å². The number of esters is 1. The summed E-state index contributed by atoms with van der Waals surface area (Å²) in [6, 6.07) is 20.5. The molecular formula is C30H25N3O4S. The number of ether oxygens (including phenoxy) is 1. The van der Waals surface area contributed by atoms with Crippen molar-refractivity contribution in [2.24, 2.45) is 5.92 Å². The highest BCUT2D eigenvalue weighted by Crippen LogP contribution is 2.38. The molecule has 1 aliphatic rings. The van der Waals surface area contributed by atoms with Gasteiger partial charge in [0.25, 0.3) is 5.91 Å². The number of hydrogen-bond acceptors (Lipinski definition) is 7. The van der Waals surface area contributed by atoms with Crippen LogP contribution in [0.1, 0.15) is 40.7 Å². The molecule has 2 heterocycles. The number of anilines is 1. The Kier molecular flexibility index (Phi) is 7.57. The van der Waals surface area contributed by atoms with Crippen molar-refractivity contribution in [3.8, 4) is 6.07 Å². The summed E-state index contributed by atoms with van der Waals surface area (Å²) in [6.45, 7) is 1.70. The van der Waals surface area contributed by atoms with Gasteiger partial charge in [0.05, 0.1) is 40.5 Å². The summed E-state index contributed by atoms with van der Waals surface area (Å²) in [5.74, 6) is 0.251. The molecule has 2 aromatic heterocycles. The summed E-state index contributed by atoms with van der Waals surface area (Å²) in [4.78, 5) is 31.9. The number of thioether (sulfide) groups is 1. The van der Waals surface area contributed by atoms with E-state index in [9.17, 15) is 9.59 Å². The lowest BCUT2D eigenvalue weighted by atomic mass is 9.81. The third kappa shape index (κ3) is 5.48. The lowest BCUT2D eigenvalue weighted by Crippen LogP contribution is -2.23. The van der Waals surface area contributed by atoms with Crippen molar-refractivity contribution in [2.75, 3.05) is 17.7 Å². The van der Waals surface area contributed by atoms with Crippen LogP contribution >= 0.6 is 11.8 Å². The van der Waals surface area contributed by atoms with Crippen molar-refractivity contribution < 1.29 is 18.7 Å². The normalized spacial score (nSPS) is 15.6. The molecule has 1 aliphatic carbocycles. The number of amides is 1. The minimum absolute atomic E-state index is 0.261. The Morgan fingerprint density at radius 2 is 1.97 bits per heavy atom. The third-order valence-electron chi connectivity index (χ3n) is 6.27. The molecular weight excluding hydrogens is 498 g/mol.